The van der Waals surface area contributed by atoms with Crippen molar-refractivity contribution in [3.63, 3.8) is 0 Å². The van der Waals surface area contributed by atoms with Gasteiger partial charge in [0.1, 0.15) is 0 Å². The molecule has 0 bridgehead atoms. The molecule has 0 aromatic heterocycles. The van der Waals surface area contributed by atoms with Crippen LogP contribution in [0.5, 0.6) is 0 Å². The molecule has 1 aromatic rings. The van der Waals surface area contributed by atoms with Crippen molar-refractivity contribution in [2.24, 2.45) is 5.84 Å². The molecule has 0 amide bonds. The number of aryl methyl sites for hydroxylation is 1. The zero-order chi connectivity index (χ0) is 9.10. The normalized spacial score (nSPS) is 21.2. The Hall–Kier alpha value is -0.860. The quantitative estimate of drug-likeness (QED) is 0.530. The van der Waals surface area contributed by atoms with E-state index in [-0.39, 0.29) is 0 Å². The minimum Gasteiger partial charge on any atom is -0.271 e. The van der Waals surface area contributed by atoms with Gasteiger partial charge in [0.2, 0.25) is 0 Å². The average molecular weight is 176 g/mol. The second kappa shape index (κ2) is 3.90. The molecule has 2 heteroatoms. The van der Waals surface area contributed by atoms with Gasteiger partial charge in [0, 0.05) is 6.54 Å². The van der Waals surface area contributed by atoms with Crippen LogP contribution in [0.3, 0.4) is 0 Å². The molecule has 1 unspecified atom stereocenters. The van der Waals surface area contributed by atoms with Crippen LogP contribution in [0.2, 0.25) is 0 Å². The predicted octanol–water partition coefficient (Wildman–Crippen LogP) is 1.57. The summed E-state index contributed by atoms with van der Waals surface area (Å²) in [6, 6.07) is 8.71. The van der Waals surface area contributed by atoms with Gasteiger partial charge in [-0.3, -0.25) is 11.3 Å². The van der Waals surface area contributed by atoms with Crippen molar-refractivity contribution < 1.29 is 0 Å². The van der Waals surface area contributed by atoms with Crippen LogP contribution in [0.4, 0.5) is 0 Å². The van der Waals surface area contributed by atoms with E-state index in [1.165, 1.54) is 30.4 Å². The Morgan fingerprint density at radius 3 is 3.08 bits per heavy atom. The average Bonchev–Trinajstić information content (AvgIpc) is 2.19. The van der Waals surface area contributed by atoms with E-state index in [0.29, 0.717) is 5.92 Å². The number of hydrazine groups is 1. The van der Waals surface area contributed by atoms with Crippen molar-refractivity contribution in [3.8, 4) is 0 Å². The van der Waals surface area contributed by atoms with Gasteiger partial charge in [0.25, 0.3) is 0 Å². The fraction of sp³-hybridized carbons (Fsp3) is 0.455. The van der Waals surface area contributed by atoms with Crippen LogP contribution in [-0.4, -0.2) is 6.54 Å². The van der Waals surface area contributed by atoms with E-state index in [2.05, 4.69) is 29.7 Å². The highest BCUT2D eigenvalue weighted by Crippen LogP contribution is 2.30. The van der Waals surface area contributed by atoms with Crippen LogP contribution in [0.1, 0.15) is 29.9 Å². The summed E-state index contributed by atoms with van der Waals surface area (Å²) in [6.45, 7) is 0.900. The summed E-state index contributed by atoms with van der Waals surface area (Å²) in [5.74, 6) is 5.99. The van der Waals surface area contributed by atoms with E-state index < -0.39 is 0 Å². The Kier molecular flexibility index (Phi) is 2.62. The number of nitrogens with one attached hydrogen (secondary N) is 1. The Bertz CT molecular complexity index is 283. The highest BCUT2D eigenvalue weighted by Gasteiger charge is 2.18. The molecule has 13 heavy (non-hydrogen) atoms. The van der Waals surface area contributed by atoms with Crippen LogP contribution < -0.4 is 11.3 Å². The Labute approximate surface area is 79.1 Å². The van der Waals surface area contributed by atoms with E-state index >= 15 is 0 Å². The zero-order valence-corrected chi connectivity index (χ0v) is 7.79. The molecule has 1 atom stereocenters. The number of rotatable bonds is 2. The topological polar surface area (TPSA) is 38.0 Å². The van der Waals surface area contributed by atoms with Gasteiger partial charge in [-0.1, -0.05) is 24.3 Å². The van der Waals surface area contributed by atoms with Gasteiger partial charge >= 0.3 is 0 Å². The van der Waals surface area contributed by atoms with Gasteiger partial charge in [0.05, 0.1) is 0 Å². The maximum Gasteiger partial charge on any atom is 0.0166 e. The zero-order valence-electron chi connectivity index (χ0n) is 7.79. The molecule has 0 spiro atoms. The first-order valence-electron chi connectivity index (χ1n) is 4.93. The van der Waals surface area contributed by atoms with Crippen LogP contribution in [0.25, 0.3) is 0 Å². The first-order valence-corrected chi connectivity index (χ1v) is 4.93. The van der Waals surface area contributed by atoms with Gasteiger partial charge in [-0.15, -0.1) is 0 Å². The monoisotopic (exact) mass is 176 g/mol. The number of fused-ring (bicyclic) bond motifs is 1. The lowest BCUT2D eigenvalue weighted by Gasteiger charge is -2.24. The molecule has 0 saturated carbocycles. The van der Waals surface area contributed by atoms with E-state index in [9.17, 15) is 0 Å². The van der Waals surface area contributed by atoms with Crippen molar-refractivity contribution >= 4 is 0 Å². The van der Waals surface area contributed by atoms with Crippen LogP contribution in [0, 0.1) is 0 Å². The van der Waals surface area contributed by atoms with Crippen molar-refractivity contribution in [2.75, 3.05) is 6.54 Å². The summed E-state index contributed by atoms with van der Waals surface area (Å²) in [5.41, 5.74) is 5.78. The smallest absolute Gasteiger partial charge is 0.0166 e. The molecule has 0 heterocycles. The highest BCUT2D eigenvalue weighted by atomic mass is 15.2. The van der Waals surface area contributed by atoms with E-state index in [4.69, 9.17) is 5.84 Å². The van der Waals surface area contributed by atoms with E-state index in [1.807, 2.05) is 0 Å². The Morgan fingerprint density at radius 2 is 2.23 bits per heavy atom. The van der Waals surface area contributed by atoms with Crippen molar-refractivity contribution in [1.82, 2.24) is 5.43 Å². The summed E-state index contributed by atoms with van der Waals surface area (Å²) < 4.78 is 0. The first-order chi connectivity index (χ1) is 6.42. The van der Waals surface area contributed by atoms with E-state index in [1.54, 1.807) is 0 Å². The molecule has 3 N–H and O–H groups in total. The van der Waals surface area contributed by atoms with Crippen LogP contribution in [-0.2, 0) is 6.42 Å². The SMILES string of the molecule is NNCC1CCCc2ccccc21. The summed E-state index contributed by atoms with van der Waals surface area (Å²) in [7, 11) is 0. The molecule has 1 aromatic carbocycles. The van der Waals surface area contributed by atoms with E-state index in [0.717, 1.165) is 6.54 Å². The summed E-state index contributed by atoms with van der Waals surface area (Å²) in [6.07, 6.45) is 3.79. The third-order valence-electron chi connectivity index (χ3n) is 2.86. The van der Waals surface area contributed by atoms with Crippen molar-refractivity contribution in [3.05, 3.63) is 35.4 Å². The van der Waals surface area contributed by atoms with Gasteiger partial charge in [-0.05, 0) is 36.3 Å². The lowest BCUT2D eigenvalue weighted by molar-refractivity contribution is 0.515. The molecule has 0 aliphatic heterocycles. The minimum atomic E-state index is 0.620. The van der Waals surface area contributed by atoms with Crippen molar-refractivity contribution in [1.29, 1.82) is 0 Å². The molecule has 0 radical (unpaired) electrons. The molecular weight excluding hydrogens is 160 g/mol. The molecule has 1 aliphatic rings. The fourth-order valence-electron chi connectivity index (χ4n) is 2.21. The summed E-state index contributed by atoms with van der Waals surface area (Å²) in [5, 5.41) is 0. The number of hydrogen-bond donors (Lipinski definition) is 2. The Balaban J connectivity index is 2.26. The second-order valence-corrected chi connectivity index (χ2v) is 3.70. The maximum atomic E-state index is 5.37. The largest absolute Gasteiger partial charge is 0.271 e. The lowest BCUT2D eigenvalue weighted by Crippen LogP contribution is -2.29. The van der Waals surface area contributed by atoms with Gasteiger partial charge < -0.3 is 0 Å². The minimum absolute atomic E-state index is 0.620. The molecule has 0 saturated heterocycles. The Morgan fingerprint density at radius 1 is 1.38 bits per heavy atom. The van der Waals surface area contributed by atoms with Crippen LogP contribution in [0.15, 0.2) is 24.3 Å². The predicted molar refractivity (Wildman–Crippen MR) is 54.3 cm³/mol. The number of hydrogen-bond acceptors (Lipinski definition) is 2. The molecule has 2 rings (SSSR count). The molecule has 0 fully saturated rings. The first kappa shape index (κ1) is 8.73. The summed E-state index contributed by atoms with van der Waals surface area (Å²) >= 11 is 0. The molecular formula is C11H16N2. The van der Waals surface area contributed by atoms with Gasteiger partial charge in [-0.25, -0.2) is 0 Å². The van der Waals surface area contributed by atoms with Gasteiger partial charge in [0.15, 0.2) is 0 Å². The highest BCUT2D eigenvalue weighted by molar-refractivity contribution is 5.32. The fourth-order valence-corrected chi connectivity index (χ4v) is 2.21. The third-order valence-corrected chi connectivity index (χ3v) is 2.86. The molecule has 2 nitrogen and oxygen atoms in total. The number of nitrogens with two attached hydrogens (primary N) is 1. The summed E-state index contributed by atoms with van der Waals surface area (Å²) in [4.78, 5) is 0. The van der Waals surface area contributed by atoms with Crippen LogP contribution >= 0.6 is 0 Å². The molecule has 1 aliphatic carbocycles. The third kappa shape index (κ3) is 1.74. The van der Waals surface area contributed by atoms with Crippen molar-refractivity contribution in [2.45, 2.75) is 25.2 Å². The van der Waals surface area contributed by atoms with Gasteiger partial charge in [-0.2, -0.15) is 0 Å². The second-order valence-electron chi connectivity index (χ2n) is 3.70. The standard InChI is InChI=1S/C11H16N2/c12-13-8-10-6-3-5-9-4-1-2-7-11(9)10/h1-2,4,7,10,13H,3,5-6,8,12H2. The maximum absolute atomic E-state index is 5.37. The lowest BCUT2D eigenvalue weighted by atomic mass is 9.83. The number of benzene rings is 1. The molecule has 70 valence electrons.